The first kappa shape index (κ1) is 10.5. The van der Waals surface area contributed by atoms with Crippen LogP contribution in [0.25, 0.3) is 0 Å². The van der Waals surface area contributed by atoms with E-state index in [2.05, 4.69) is 26.1 Å². The summed E-state index contributed by atoms with van der Waals surface area (Å²) in [5, 5.41) is 3.90. The Kier molecular flexibility index (Phi) is 2.88. The molecule has 0 spiro atoms. The number of nitrogens with one attached hydrogen (secondary N) is 1. The second-order valence-electron chi connectivity index (χ2n) is 6.22. The fraction of sp³-hybridized carbons (Fsp3) is 1.00. The number of rotatable bonds is 2. The van der Waals surface area contributed by atoms with E-state index in [1.807, 2.05) is 0 Å². The van der Waals surface area contributed by atoms with Crippen molar-refractivity contribution in [2.75, 3.05) is 0 Å². The molecule has 1 heteroatoms. The molecule has 0 aromatic heterocycles. The monoisotopic (exact) mass is 195 g/mol. The Bertz CT molecular complexity index is 197. The topological polar surface area (TPSA) is 12.0 Å². The minimum absolute atomic E-state index is 0.547. The largest absolute Gasteiger partial charge is 0.311 e. The van der Waals surface area contributed by atoms with Gasteiger partial charge >= 0.3 is 0 Å². The summed E-state index contributed by atoms with van der Waals surface area (Å²) in [5.74, 6) is 0.956. The summed E-state index contributed by atoms with van der Waals surface area (Å²) < 4.78 is 0. The van der Waals surface area contributed by atoms with Crippen molar-refractivity contribution >= 4 is 0 Å². The molecule has 2 aliphatic rings. The van der Waals surface area contributed by atoms with Crippen molar-refractivity contribution in [3.8, 4) is 0 Å². The fourth-order valence-electron chi connectivity index (χ4n) is 3.28. The van der Waals surface area contributed by atoms with Gasteiger partial charge in [-0.05, 0) is 43.4 Å². The lowest BCUT2D eigenvalue weighted by atomic mass is 9.87. The zero-order valence-corrected chi connectivity index (χ0v) is 9.97. The third kappa shape index (κ3) is 2.13. The Morgan fingerprint density at radius 2 is 1.93 bits per heavy atom. The van der Waals surface area contributed by atoms with Crippen LogP contribution in [-0.4, -0.2) is 12.1 Å². The van der Waals surface area contributed by atoms with Gasteiger partial charge < -0.3 is 5.32 Å². The first-order valence-electron chi connectivity index (χ1n) is 6.34. The van der Waals surface area contributed by atoms with Gasteiger partial charge in [0.05, 0.1) is 0 Å². The third-order valence-corrected chi connectivity index (χ3v) is 4.39. The molecule has 2 saturated carbocycles. The van der Waals surface area contributed by atoms with Gasteiger partial charge in [0.1, 0.15) is 0 Å². The molecule has 2 aliphatic carbocycles. The van der Waals surface area contributed by atoms with Crippen LogP contribution in [-0.2, 0) is 0 Å². The highest BCUT2D eigenvalue weighted by Gasteiger charge is 2.36. The predicted molar refractivity (Wildman–Crippen MR) is 61.4 cm³/mol. The Labute approximate surface area is 88.7 Å². The van der Waals surface area contributed by atoms with Crippen molar-refractivity contribution in [3.63, 3.8) is 0 Å². The molecule has 2 rings (SSSR count). The first-order valence-corrected chi connectivity index (χ1v) is 6.34. The van der Waals surface area contributed by atoms with E-state index in [0.717, 1.165) is 18.0 Å². The van der Waals surface area contributed by atoms with Gasteiger partial charge in [-0.25, -0.2) is 0 Å². The molecule has 1 N–H and O–H groups in total. The maximum absolute atomic E-state index is 3.90. The van der Waals surface area contributed by atoms with E-state index in [4.69, 9.17) is 0 Å². The third-order valence-electron chi connectivity index (χ3n) is 4.39. The van der Waals surface area contributed by atoms with Crippen LogP contribution >= 0.6 is 0 Å². The normalized spacial score (nSPS) is 41.8. The van der Waals surface area contributed by atoms with Gasteiger partial charge in [-0.2, -0.15) is 0 Å². The zero-order valence-electron chi connectivity index (χ0n) is 9.97. The highest BCUT2D eigenvalue weighted by Crippen LogP contribution is 2.38. The summed E-state index contributed by atoms with van der Waals surface area (Å²) in [6, 6.07) is 1.62. The molecule has 0 bridgehead atoms. The fourth-order valence-corrected chi connectivity index (χ4v) is 3.28. The van der Waals surface area contributed by atoms with Crippen LogP contribution in [0.5, 0.6) is 0 Å². The minimum atomic E-state index is 0.547. The van der Waals surface area contributed by atoms with E-state index in [1.54, 1.807) is 0 Å². The van der Waals surface area contributed by atoms with Crippen LogP contribution in [0.3, 0.4) is 0 Å². The summed E-state index contributed by atoms with van der Waals surface area (Å²) in [5.41, 5.74) is 0.547. The molecular formula is C13H25N. The van der Waals surface area contributed by atoms with Gasteiger partial charge in [0, 0.05) is 12.1 Å². The standard InChI is InChI=1S/C13H25N/c1-10-6-7-11(9-10)14-12-5-4-8-13(12,2)3/h10-12,14H,4-9H2,1-3H3. The second kappa shape index (κ2) is 3.84. The highest BCUT2D eigenvalue weighted by atomic mass is 15.0. The van der Waals surface area contributed by atoms with Crippen molar-refractivity contribution in [2.24, 2.45) is 11.3 Å². The van der Waals surface area contributed by atoms with E-state index >= 15 is 0 Å². The van der Waals surface area contributed by atoms with E-state index in [1.165, 1.54) is 38.5 Å². The van der Waals surface area contributed by atoms with Crippen molar-refractivity contribution in [1.82, 2.24) is 5.32 Å². The lowest BCUT2D eigenvalue weighted by Crippen LogP contribution is -2.42. The summed E-state index contributed by atoms with van der Waals surface area (Å²) in [6.07, 6.45) is 8.49. The molecule has 14 heavy (non-hydrogen) atoms. The first-order chi connectivity index (χ1) is 6.58. The molecule has 82 valence electrons. The Balaban J connectivity index is 1.85. The summed E-state index contributed by atoms with van der Waals surface area (Å²) in [7, 11) is 0. The van der Waals surface area contributed by atoms with E-state index in [-0.39, 0.29) is 0 Å². The van der Waals surface area contributed by atoms with Crippen LogP contribution in [0, 0.1) is 11.3 Å². The molecule has 1 nitrogen and oxygen atoms in total. The van der Waals surface area contributed by atoms with Crippen molar-refractivity contribution in [3.05, 3.63) is 0 Å². The molecule has 0 amide bonds. The van der Waals surface area contributed by atoms with Crippen LogP contribution in [0.4, 0.5) is 0 Å². The van der Waals surface area contributed by atoms with Crippen LogP contribution in [0.15, 0.2) is 0 Å². The Morgan fingerprint density at radius 1 is 1.14 bits per heavy atom. The van der Waals surface area contributed by atoms with Gasteiger partial charge in [0.25, 0.3) is 0 Å². The lowest BCUT2D eigenvalue weighted by Gasteiger charge is -2.30. The van der Waals surface area contributed by atoms with Gasteiger partial charge in [0.2, 0.25) is 0 Å². The van der Waals surface area contributed by atoms with Crippen LogP contribution in [0.1, 0.15) is 59.3 Å². The van der Waals surface area contributed by atoms with E-state index < -0.39 is 0 Å². The smallest absolute Gasteiger partial charge is 0.0121 e. The van der Waals surface area contributed by atoms with Crippen molar-refractivity contribution < 1.29 is 0 Å². The average Bonchev–Trinajstić information content (AvgIpc) is 2.61. The molecule has 0 radical (unpaired) electrons. The van der Waals surface area contributed by atoms with Crippen molar-refractivity contribution in [1.29, 1.82) is 0 Å². The van der Waals surface area contributed by atoms with Gasteiger partial charge in [-0.15, -0.1) is 0 Å². The molecule has 2 fully saturated rings. The molecule has 0 aromatic carbocycles. The van der Waals surface area contributed by atoms with Gasteiger partial charge in [-0.3, -0.25) is 0 Å². The molecule has 0 saturated heterocycles. The van der Waals surface area contributed by atoms with Gasteiger partial charge in [0.15, 0.2) is 0 Å². The van der Waals surface area contributed by atoms with Crippen LogP contribution < -0.4 is 5.32 Å². The molecular weight excluding hydrogens is 170 g/mol. The lowest BCUT2D eigenvalue weighted by molar-refractivity contribution is 0.260. The maximum atomic E-state index is 3.90. The quantitative estimate of drug-likeness (QED) is 0.712. The van der Waals surface area contributed by atoms with Gasteiger partial charge in [-0.1, -0.05) is 27.2 Å². The van der Waals surface area contributed by atoms with Crippen molar-refractivity contribution in [2.45, 2.75) is 71.4 Å². The van der Waals surface area contributed by atoms with Crippen LogP contribution in [0.2, 0.25) is 0 Å². The molecule has 0 heterocycles. The SMILES string of the molecule is CC1CCC(NC2CCCC2(C)C)C1. The molecule has 0 aromatic rings. The minimum Gasteiger partial charge on any atom is -0.311 e. The number of hydrogen-bond donors (Lipinski definition) is 1. The second-order valence-corrected chi connectivity index (χ2v) is 6.22. The average molecular weight is 195 g/mol. The Morgan fingerprint density at radius 3 is 2.43 bits per heavy atom. The Hall–Kier alpha value is -0.0400. The maximum Gasteiger partial charge on any atom is 0.0121 e. The zero-order chi connectivity index (χ0) is 10.2. The number of hydrogen-bond acceptors (Lipinski definition) is 1. The van der Waals surface area contributed by atoms with E-state index in [0.29, 0.717) is 5.41 Å². The summed E-state index contributed by atoms with van der Waals surface area (Å²) in [6.45, 7) is 7.24. The predicted octanol–water partition coefficient (Wildman–Crippen LogP) is 3.34. The summed E-state index contributed by atoms with van der Waals surface area (Å²) in [4.78, 5) is 0. The highest BCUT2D eigenvalue weighted by molar-refractivity contribution is 4.93. The van der Waals surface area contributed by atoms with E-state index in [9.17, 15) is 0 Å². The summed E-state index contributed by atoms with van der Waals surface area (Å²) >= 11 is 0. The molecule has 0 aliphatic heterocycles. The molecule has 3 unspecified atom stereocenters. The molecule has 3 atom stereocenters.